The first kappa shape index (κ1) is 12.0. The highest BCUT2D eigenvalue weighted by molar-refractivity contribution is 5.92. The lowest BCUT2D eigenvalue weighted by Crippen LogP contribution is -2.66. The zero-order valence-electron chi connectivity index (χ0n) is 9.74. The lowest BCUT2D eigenvalue weighted by molar-refractivity contribution is -0.119. The molecule has 1 fully saturated rings. The molecule has 1 heterocycles. The van der Waals surface area contributed by atoms with Crippen LogP contribution in [0.15, 0.2) is 24.3 Å². The monoisotopic (exact) mass is 237 g/mol. The van der Waals surface area contributed by atoms with Gasteiger partial charge in [0.1, 0.15) is 5.82 Å². The van der Waals surface area contributed by atoms with Crippen LogP contribution in [0, 0.1) is 5.82 Å². The van der Waals surface area contributed by atoms with Crippen molar-refractivity contribution < 1.29 is 9.18 Å². The van der Waals surface area contributed by atoms with Gasteiger partial charge in [-0.1, -0.05) is 0 Å². The number of nitrogens with one attached hydrogen (secondary N) is 1. The second-order valence-corrected chi connectivity index (χ2v) is 4.85. The number of hydrogen-bond acceptors (Lipinski definition) is 3. The molecule has 5 heteroatoms. The second kappa shape index (κ2) is 4.43. The van der Waals surface area contributed by atoms with Crippen molar-refractivity contribution in [2.75, 3.05) is 25.0 Å². The van der Waals surface area contributed by atoms with Gasteiger partial charge < -0.3 is 11.1 Å². The minimum atomic E-state index is -0.315. The van der Waals surface area contributed by atoms with E-state index >= 15 is 0 Å². The van der Waals surface area contributed by atoms with Crippen LogP contribution in [0.5, 0.6) is 0 Å². The Balaban J connectivity index is 1.80. The van der Waals surface area contributed by atoms with Gasteiger partial charge in [0.15, 0.2) is 0 Å². The SMILES string of the molecule is CC1(N)CN(CC(=O)Nc2ccc(F)cc2)C1. The summed E-state index contributed by atoms with van der Waals surface area (Å²) in [4.78, 5) is 13.6. The maximum Gasteiger partial charge on any atom is 0.238 e. The van der Waals surface area contributed by atoms with Crippen LogP contribution in [0.3, 0.4) is 0 Å². The van der Waals surface area contributed by atoms with Gasteiger partial charge in [0.2, 0.25) is 5.91 Å². The van der Waals surface area contributed by atoms with Crippen molar-refractivity contribution >= 4 is 11.6 Å². The Morgan fingerprint density at radius 3 is 2.59 bits per heavy atom. The molecule has 1 amide bonds. The van der Waals surface area contributed by atoms with E-state index in [1.54, 1.807) is 0 Å². The quantitative estimate of drug-likeness (QED) is 0.817. The molecule has 1 aromatic rings. The van der Waals surface area contributed by atoms with E-state index in [-0.39, 0.29) is 17.3 Å². The Hall–Kier alpha value is -1.46. The zero-order valence-corrected chi connectivity index (χ0v) is 9.74. The highest BCUT2D eigenvalue weighted by atomic mass is 19.1. The van der Waals surface area contributed by atoms with Crippen molar-refractivity contribution in [1.29, 1.82) is 0 Å². The van der Waals surface area contributed by atoms with Gasteiger partial charge in [-0.05, 0) is 31.2 Å². The molecule has 0 aromatic heterocycles. The highest BCUT2D eigenvalue weighted by Crippen LogP contribution is 2.16. The number of rotatable bonds is 3. The van der Waals surface area contributed by atoms with E-state index < -0.39 is 0 Å². The predicted molar refractivity (Wildman–Crippen MR) is 64.1 cm³/mol. The van der Waals surface area contributed by atoms with E-state index in [0.717, 1.165) is 13.1 Å². The largest absolute Gasteiger partial charge is 0.325 e. The van der Waals surface area contributed by atoms with Gasteiger partial charge in [-0.3, -0.25) is 9.69 Å². The molecule has 0 atom stereocenters. The molecule has 1 aromatic carbocycles. The molecule has 1 aliphatic heterocycles. The number of hydrogen-bond donors (Lipinski definition) is 2. The maximum absolute atomic E-state index is 12.6. The van der Waals surface area contributed by atoms with Gasteiger partial charge >= 0.3 is 0 Å². The number of anilines is 1. The van der Waals surface area contributed by atoms with Crippen molar-refractivity contribution in [3.05, 3.63) is 30.1 Å². The first-order valence-electron chi connectivity index (χ1n) is 5.51. The third kappa shape index (κ3) is 3.25. The van der Waals surface area contributed by atoms with Gasteiger partial charge in [0.05, 0.1) is 6.54 Å². The third-order valence-electron chi connectivity index (χ3n) is 2.66. The molecule has 0 aliphatic carbocycles. The zero-order chi connectivity index (χ0) is 12.5. The number of nitrogens with two attached hydrogens (primary N) is 1. The number of carbonyl (C=O) groups excluding carboxylic acids is 1. The van der Waals surface area contributed by atoms with E-state index in [2.05, 4.69) is 5.32 Å². The maximum atomic E-state index is 12.6. The van der Waals surface area contributed by atoms with Gasteiger partial charge in [-0.2, -0.15) is 0 Å². The standard InChI is InChI=1S/C12H16FN3O/c1-12(14)7-16(8-12)6-11(17)15-10-4-2-9(13)3-5-10/h2-5H,6-8,14H2,1H3,(H,15,17). The molecule has 92 valence electrons. The molecule has 3 N–H and O–H groups in total. The first-order chi connectivity index (χ1) is 7.94. The van der Waals surface area contributed by atoms with Crippen molar-refractivity contribution in [2.24, 2.45) is 5.73 Å². The first-order valence-corrected chi connectivity index (χ1v) is 5.51. The number of benzene rings is 1. The van der Waals surface area contributed by atoms with Crippen LogP contribution in [-0.4, -0.2) is 36.0 Å². The molecule has 0 unspecified atom stereocenters. The summed E-state index contributed by atoms with van der Waals surface area (Å²) < 4.78 is 12.6. The Morgan fingerprint density at radius 1 is 1.47 bits per heavy atom. The Morgan fingerprint density at radius 2 is 2.06 bits per heavy atom. The van der Waals surface area contributed by atoms with Gasteiger partial charge in [-0.15, -0.1) is 0 Å². The van der Waals surface area contributed by atoms with Crippen molar-refractivity contribution in [1.82, 2.24) is 4.90 Å². The van der Waals surface area contributed by atoms with Crippen LogP contribution in [0.25, 0.3) is 0 Å². The Kier molecular flexibility index (Phi) is 3.13. The molecule has 4 nitrogen and oxygen atoms in total. The molecule has 0 saturated carbocycles. The summed E-state index contributed by atoms with van der Waals surface area (Å²) in [5.41, 5.74) is 6.28. The van der Waals surface area contributed by atoms with Crippen LogP contribution >= 0.6 is 0 Å². The minimum absolute atomic E-state index is 0.105. The van der Waals surface area contributed by atoms with Crippen LogP contribution in [-0.2, 0) is 4.79 Å². The van der Waals surface area contributed by atoms with Crippen LogP contribution in [0.2, 0.25) is 0 Å². The number of nitrogens with zero attached hydrogens (tertiary/aromatic N) is 1. The molecule has 1 saturated heterocycles. The van der Waals surface area contributed by atoms with Crippen molar-refractivity contribution in [3.63, 3.8) is 0 Å². The fourth-order valence-corrected chi connectivity index (χ4v) is 2.02. The van der Waals surface area contributed by atoms with Crippen LogP contribution in [0.4, 0.5) is 10.1 Å². The van der Waals surface area contributed by atoms with Crippen molar-refractivity contribution in [3.8, 4) is 0 Å². The smallest absolute Gasteiger partial charge is 0.238 e. The van der Waals surface area contributed by atoms with E-state index in [1.165, 1.54) is 24.3 Å². The van der Waals surface area contributed by atoms with Gasteiger partial charge in [0, 0.05) is 24.3 Å². The van der Waals surface area contributed by atoms with E-state index in [4.69, 9.17) is 5.73 Å². The molecular weight excluding hydrogens is 221 g/mol. The fraction of sp³-hybridized carbons (Fsp3) is 0.417. The average molecular weight is 237 g/mol. The Labute approximate surface area is 99.6 Å². The summed E-state index contributed by atoms with van der Waals surface area (Å²) in [5, 5.41) is 2.71. The number of halogens is 1. The summed E-state index contributed by atoms with van der Waals surface area (Å²) in [7, 11) is 0. The normalized spacial score (nSPS) is 18.5. The molecule has 1 aliphatic rings. The molecule has 0 radical (unpaired) electrons. The summed E-state index contributed by atoms with van der Waals surface area (Å²) in [6.07, 6.45) is 0. The third-order valence-corrected chi connectivity index (χ3v) is 2.66. The molecule has 0 bridgehead atoms. The van der Waals surface area contributed by atoms with Crippen molar-refractivity contribution in [2.45, 2.75) is 12.5 Å². The summed E-state index contributed by atoms with van der Waals surface area (Å²) in [5.74, 6) is -0.420. The van der Waals surface area contributed by atoms with Crippen LogP contribution < -0.4 is 11.1 Å². The number of carbonyl (C=O) groups is 1. The lowest BCUT2D eigenvalue weighted by atomic mass is 9.94. The fourth-order valence-electron chi connectivity index (χ4n) is 2.02. The molecule has 17 heavy (non-hydrogen) atoms. The molecule has 2 rings (SSSR count). The molecular formula is C12H16FN3O. The summed E-state index contributed by atoms with van der Waals surface area (Å²) >= 11 is 0. The van der Waals surface area contributed by atoms with E-state index in [1.807, 2.05) is 11.8 Å². The Bertz CT molecular complexity index is 408. The average Bonchev–Trinajstić information content (AvgIpc) is 2.18. The number of amides is 1. The molecule has 0 spiro atoms. The highest BCUT2D eigenvalue weighted by Gasteiger charge is 2.35. The van der Waals surface area contributed by atoms with Gasteiger partial charge in [0.25, 0.3) is 0 Å². The summed E-state index contributed by atoms with van der Waals surface area (Å²) in [6.45, 7) is 3.74. The van der Waals surface area contributed by atoms with Gasteiger partial charge in [-0.25, -0.2) is 4.39 Å². The predicted octanol–water partition coefficient (Wildman–Crippen LogP) is 0.797. The second-order valence-electron chi connectivity index (χ2n) is 4.85. The lowest BCUT2D eigenvalue weighted by Gasteiger charge is -2.44. The topological polar surface area (TPSA) is 58.4 Å². The minimum Gasteiger partial charge on any atom is -0.325 e. The van der Waals surface area contributed by atoms with E-state index in [9.17, 15) is 9.18 Å². The number of likely N-dealkylation sites (tertiary alicyclic amines) is 1. The summed E-state index contributed by atoms with van der Waals surface area (Å²) in [6, 6.07) is 5.71. The van der Waals surface area contributed by atoms with E-state index in [0.29, 0.717) is 12.2 Å². The van der Waals surface area contributed by atoms with Crippen LogP contribution in [0.1, 0.15) is 6.92 Å².